The molecule has 4 rings (SSSR count). The smallest absolute Gasteiger partial charge is 0.332 e. The molecule has 1 fully saturated rings. The third kappa shape index (κ3) is 4.24. The SMILES string of the molecule is COc1cnc(Cl)c(C2=CC3C(S2)C(=O)N(c2cncc(C(F)F)c2)C(=O)N3CCC#N)c1. The maximum Gasteiger partial charge on any atom is 0.332 e. The molecule has 0 saturated carbocycles. The van der Waals surface area contributed by atoms with E-state index in [4.69, 9.17) is 21.6 Å². The number of fused-ring (bicyclic) bond motifs is 1. The van der Waals surface area contributed by atoms with E-state index in [-0.39, 0.29) is 23.8 Å². The Labute approximate surface area is 196 Å². The van der Waals surface area contributed by atoms with Crippen molar-refractivity contribution in [2.75, 3.05) is 18.6 Å². The minimum atomic E-state index is -2.81. The van der Waals surface area contributed by atoms with Crippen molar-refractivity contribution in [1.29, 1.82) is 5.26 Å². The number of pyridine rings is 2. The van der Waals surface area contributed by atoms with Crippen LogP contribution in [0.15, 0.2) is 36.8 Å². The number of carbonyl (C=O) groups excluding carboxylic acids is 2. The number of thioether (sulfide) groups is 1. The summed E-state index contributed by atoms with van der Waals surface area (Å²) in [5, 5.41) is 8.48. The van der Waals surface area contributed by atoms with Gasteiger partial charge in [-0.2, -0.15) is 5.26 Å². The zero-order valence-electron chi connectivity index (χ0n) is 17.1. The topological polar surface area (TPSA) is 99.4 Å². The fourth-order valence-electron chi connectivity index (χ4n) is 3.62. The predicted octanol–water partition coefficient (Wildman–Crippen LogP) is 4.28. The van der Waals surface area contributed by atoms with Crippen molar-refractivity contribution >= 4 is 45.9 Å². The molecule has 1 saturated heterocycles. The van der Waals surface area contributed by atoms with Gasteiger partial charge in [0.25, 0.3) is 12.3 Å². The van der Waals surface area contributed by atoms with E-state index in [1.807, 2.05) is 6.07 Å². The highest BCUT2D eigenvalue weighted by Crippen LogP contribution is 2.47. The Bertz CT molecular complexity index is 1190. The highest BCUT2D eigenvalue weighted by Gasteiger charge is 2.50. The molecule has 0 bridgehead atoms. The molecule has 0 N–H and O–H groups in total. The van der Waals surface area contributed by atoms with Crippen LogP contribution in [0, 0.1) is 11.3 Å². The summed E-state index contributed by atoms with van der Waals surface area (Å²) >= 11 is 7.45. The highest BCUT2D eigenvalue weighted by atomic mass is 35.5. The maximum atomic E-state index is 13.4. The average Bonchev–Trinajstić information content (AvgIpc) is 3.25. The summed E-state index contributed by atoms with van der Waals surface area (Å²) in [5.41, 5.74) is 0.0630. The van der Waals surface area contributed by atoms with Crippen molar-refractivity contribution in [3.8, 4) is 11.8 Å². The molecule has 2 aliphatic heterocycles. The third-order valence-electron chi connectivity index (χ3n) is 5.18. The van der Waals surface area contributed by atoms with Crippen LogP contribution in [0.5, 0.6) is 5.75 Å². The average molecular weight is 492 g/mol. The van der Waals surface area contributed by atoms with Crippen LogP contribution in [0.3, 0.4) is 0 Å². The van der Waals surface area contributed by atoms with Crippen LogP contribution >= 0.6 is 23.4 Å². The first-order valence-electron chi connectivity index (χ1n) is 9.68. The van der Waals surface area contributed by atoms with Crippen LogP contribution in [0.1, 0.15) is 24.0 Å². The van der Waals surface area contributed by atoms with Crippen LogP contribution in [0.4, 0.5) is 19.3 Å². The molecule has 0 spiro atoms. The van der Waals surface area contributed by atoms with Gasteiger partial charge in [0.1, 0.15) is 16.2 Å². The fraction of sp³-hybridized carbons (Fsp3) is 0.286. The summed E-state index contributed by atoms with van der Waals surface area (Å²) in [5.74, 6) is -0.110. The Kier molecular flexibility index (Phi) is 6.49. The Morgan fingerprint density at radius 1 is 1.30 bits per heavy atom. The Hall–Kier alpha value is -3.23. The van der Waals surface area contributed by atoms with Crippen molar-refractivity contribution in [3.63, 3.8) is 0 Å². The zero-order chi connectivity index (χ0) is 23.7. The van der Waals surface area contributed by atoms with Gasteiger partial charge in [-0.3, -0.25) is 9.78 Å². The minimum Gasteiger partial charge on any atom is -0.495 e. The first kappa shape index (κ1) is 22.9. The number of alkyl halides is 2. The summed E-state index contributed by atoms with van der Waals surface area (Å²) < 4.78 is 31.6. The molecular weight excluding hydrogens is 476 g/mol. The summed E-state index contributed by atoms with van der Waals surface area (Å²) in [4.78, 5) is 37.3. The van der Waals surface area contributed by atoms with E-state index in [1.165, 1.54) is 36.2 Å². The lowest BCUT2D eigenvalue weighted by molar-refractivity contribution is -0.119. The molecule has 170 valence electrons. The molecule has 12 heteroatoms. The van der Waals surface area contributed by atoms with Crippen LogP contribution in [0.25, 0.3) is 4.91 Å². The Morgan fingerprint density at radius 2 is 2.09 bits per heavy atom. The fourth-order valence-corrected chi connectivity index (χ4v) is 5.23. The molecule has 2 aliphatic rings. The number of nitrogens with zero attached hydrogens (tertiary/aromatic N) is 5. The van der Waals surface area contributed by atoms with Crippen LogP contribution in [-0.4, -0.2) is 51.8 Å². The van der Waals surface area contributed by atoms with Gasteiger partial charge in [0, 0.05) is 28.8 Å². The summed E-state index contributed by atoms with van der Waals surface area (Å²) in [7, 11) is 1.48. The van der Waals surface area contributed by atoms with Gasteiger partial charge in [0.2, 0.25) is 0 Å². The van der Waals surface area contributed by atoms with E-state index in [2.05, 4.69) is 9.97 Å². The van der Waals surface area contributed by atoms with E-state index in [0.717, 1.165) is 17.2 Å². The monoisotopic (exact) mass is 491 g/mol. The number of ether oxygens (including phenoxy) is 1. The summed E-state index contributed by atoms with van der Waals surface area (Å²) in [6, 6.07) is 3.36. The van der Waals surface area contributed by atoms with Gasteiger partial charge in [-0.15, -0.1) is 11.8 Å². The molecular formula is C21H16ClF2N5O3S. The molecule has 2 aromatic rings. The molecule has 2 unspecified atom stereocenters. The van der Waals surface area contributed by atoms with Crippen LogP contribution in [-0.2, 0) is 4.79 Å². The second-order valence-corrected chi connectivity index (χ2v) is 8.65. The number of carbonyl (C=O) groups is 2. The second kappa shape index (κ2) is 9.33. The standard InChI is InChI=1S/C21H16ClF2N5O3S/c1-32-13-6-14(18(22)27-10-13)16-7-15-17(33-16)20(30)29(21(31)28(15)4-2-3-25)12-5-11(19(23)24)8-26-9-12/h5-10,15,17,19H,2,4H2,1H3. The van der Waals surface area contributed by atoms with E-state index >= 15 is 0 Å². The molecule has 2 atom stereocenters. The van der Waals surface area contributed by atoms with Gasteiger partial charge in [-0.05, 0) is 18.2 Å². The molecule has 33 heavy (non-hydrogen) atoms. The molecule has 2 aromatic heterocycles. The second-order valence-electron chi connectivity index (χ2n) is 7.11. The van der Waals surface area contributed by atoms with Crippen molar-refractivity contribution in [3.05, 3.63) is 53.1 Å². The number of hydrogen-bond acceptors (Lipinski definition) is 7. The molecule has 3 amide bonds. The summed E-state index contributed by atoms with van der Waals surface area (Å²) in [6.07, 6.45) is 2.56. The molecule has 0 aliphatic carbocycles. The lowest BCUT2D eigenvalue weighted by Gasteiger charge is -2.40. The highest BCUT2D eigenvalue weighted by molar-refractivity contribution is 8.09. The number of methoxy groups -OCH3 is 1. The number of hydrogen-bond donors (Lipinski definition) is 0. The van der Waals surface area contributed by atoms with E-state index in [1.54, 1.807) is 12.1 Å². The van der Waals surface area contributed by atoms with Crippen molar-refractivity contribution in [2.45, 2.75) is 24.1 Å². The quantitative estimate of drug-likeness (QED) is 0.556. The third-order valence-corrected chi connectivity index (χ3v) is 6.83. The van der Waals surface area contributed by atoms with Crippen molar-refractivity contribution < 1.29 is 23.1 Å². The van der Waals surface area contributed by atoms with E-state index in [0.29, 0.717) is 16.2 Å². The number of rotatable bonds is 6. The normalized spacial score (nSPS) is 20.1. The Balaban J connectivity index is 1.74. The van der Waals surface area contributed by atoms with Gasteiger partial charge in [-0.1, -0.05) is 11.6 Å². The number of amides is 3. The van der Waals surface area contributed by atoms with Crippen LogP contribution in [0.2, 0.25) is 5.15 Å². The largest absolute Gasteiger partial charge is 0.495 e. The number of aromatic nitrogens is 2. The van der Waals surface area contributed by atoms with Gasteiger partial charge >= 0.3 is 6.03 Å². The zero-order valence-corrected chi connectivity index (χ0v) is 18.7. The summed E-state index contributed by atoms with van der Waals surface area (Å²) in [6.45, 7) is 0.0523. The Morgan fingerprint density at radius 3 is 2.79 bits per heavy atom. The number of urea groups is 1. The number of anilines is 1. The maximum absolute atomic E-state index is 13.4. The number of nitriles is 1. The molecule has 8 nitrogen and oxygen atoms in total. The number of halogens is 3. The van der Waals surface area contributed by atoms with Gasteiger partial charge in [0.15, 0.2) is 0 Å². The van der Waals surface area contributed by atoms with Crippen LogP contribution < -0.4 is 9.64 Å². The van der Waals surface area contributed by atoms with E-state index < -0.39 is 35.2 Å². The van der Waals surface area contributed by atoms with Crippen molar-refractivity contribution in [2.24, 2.45) is 0 Å². The first-order chi connectivity index (χ1) is 15.8. The van der Waals surface area contributed by atoms with Crippen molar-refractivity contribution in [1.82, 2.24) is 14.9 Å². The van der Waals surface area contributed by atoms with Gasteiger partial charge < -0.3 is 9.64 Å². The minimum absolute atomic E-state index is 0.0294. The van der Waals surface area contributed by atoms with Gasteiger partial charge in [-0.25, -0.2) is 23.5 Å². The molecule has 4 heterocycles. The number of imide groups is 1. The lowest BCUT2D eigenvalue weighted by Crippen LogP contribution is -2.62. The van der Waals surface area contributed by atoms with Gasteiger partial charge in [0.05, 0.1) is 43.7 Å². The van der Waals surface area contributed by atoms with E-state index in [9.17, 15) is 18.4 Å². The lowest BCUT2D eigenvalue weighted by atomic mass is 10.1. The predicted molar refractivity (Wildman–Crippen MR) is 118 cm³/mol. The first-order valence-corrected chi connectivity index (χ1v) is 10.9. The molecule has 0 aromatic carbocycles. The molecule has 0 radical (unpaired) electrons.